The number of hydrogen-bond acceptors (Lipinski definition) is 4. The van der Waals surface area contributed by atoms with E-state index in [0.717, 1.165) is 5.56 Å². The lowest BCUT2D eigenvalue weighted by atomic mass is 10.1. The topological polar surface area (TPSA) is 87.7 Å². The van der Waals surface area contributed by atoms with Crippen molar-refractivity contribution in [1.29, 1.82) is 0 Å². The zero-order valence-corrected chi connectivity index (χ0v) is 12.0. The number of morpholine rings is 1. The van der Waals surface area contributed by atoms with Crippen LogP contribution < -0.4 is 10.6 Å². The van der Waals surface area contributed by atoms with Gasteiger partial charge < -0.3 is 15.0 Å². The molecule has 3 rings (SSSR count). The number of nitrogens with one attached hydrogen (secondary N) is 2. The lowest BCUT2D eigenvalue weighted by Crippen LogP contribution is -2.45. The summed E-state index contributed by atoms with van der Waals surface area (Å²) in [5, 5.41) is 4.56. The molecular weight excluding hydrogens is 286 g/mol. The summed E-state index contributed by atoms with van der Waals surface area (Å²) in [6, 6.07) is 8.38. The van der Waals surface area contributed by atoms with Gasteiger partial charge in [0.2, 0.25) is 5.91 Å². The molecule has 0 spiro atoms. The molecule has 2 aliphatic heterocycles. The third-order valence-electron chi connectivity index (χ3n) is 3.83. The summed E-state index contributed by atoms with van der Waals surface area (Å²) in [5.74, 6) is -0.613. The van der Waals surface area contributed by atoms with E-state index in [1.165, 1.54) is 0 Å². The van der Waals surface area contributed by atoms with Crippen molar-refractivity contribution >= 4 is 17.8 Å². The monoisotopic (exact) mass is 303 g/mol. The third-order valence-corrected chi connectivity index (χ3v) is 3.83. The molecule has 7 nitrogen and oxygen atoms in total. The Labute approximate surface area is 127 Å². The fourth-order valence-electron chi connectivity index (χ4n) is 2.65. The predicted molar refractivity (Wildman–Crippen MR) is 76.8 cm³/mol. The number of benzene rings is 1. The zero-order chi connectivity index (χ0) is 15.5. The van der Waals surface area contributed by atoms with Crippen LogP contribution in [0, 0.1) is 0 Å². The first kappa shape index (κ1) is 14.5. The molecule has 116 valence electrons. The van der Waals surface area contributed by atoms with Crippen LogP contribution in [0.4, 0.5) is 4.79 Å². The summed E-state index contributed by atoms with van der Waals surface area (Å²) in [7, 11) is 0. The van der Waals surface area contributed by atoms with Crippen LogP contribution in [0.1, 0.15) is 18.1 Å². The van der Waals surface area contributed by atoms with Crippen LogP contribution in [0.5, 0.6) is 0 Å². The second kappa shape index (κ2) is 6.15. The second-order valence-electron chi connectivity index (χ2n) is 5.33. The van der Waals surface area contributed by atoms with Gasteiger partial charge in [-0.3, -0.25) is 14.9 Å². The minimum atomic E-state index is -0.780. The van der Waals surface area contributed by atoms with Gasteiger partial charge in [-0.05, 0) is 5.56 Å². The van der Waals surface area contributed by atoms with Crippen molar-refractivity contribution < 1.29 is 19.1 Å². The molecule has 2 heterocycles. The third kappa shape index (κ3) is 3.09. The maximum Gasteiger partial charge on any atom is 0.322 e. The van der Waals surface area contributed by atoms with Gasteiger partial charge in [0, 0.05) is 6.54 Å². The maximum atomic E-state index is 12.3. The Morgan fingerprint density at radius 2 is 2.05 bits per heavy atom. The number of urea groups is 1. The van der Waals surface area contributed by atoms with Gasteiger partial charge in [0.05, 0.1) is 19.6 Å². The van der Waals surface area contributed by atoms with Crippen molar-refractivity contribution in [3.63, 3.8) is 0 Å². The van der Waals surface area contributed by atoms with Crippen LogP contribution in [0.15, 0.2) is 30.3 Å². The Hall–Kier alpha value is -2.41. The van der Waals surface area contributed by atoms with Crippen molar-refractivity contribution in [2.75, 3.05) is 19.7 Å². The van der Waals surface area contributed by atoms with Crippen molar-refractivity contribution in [1.82, 2.24) is 15.5 Å². The molecule has 7 heteroatoms. The zero-order valence-electron chi connectivity index (χ0n) is 12.0. The number of carbonyl (C=O) groups excluding carboxylic acids is 3. The molecule has 0 saturated carbocycles. The lowest BCUT2D eigenvalue weighted by Gasteiger charge is -2.33. The van der Waals surface area contributed by atoms with E-state index in [4.69, 9.17) is 4.74 Å². The van der Waals surface area contributed by atoms with Gasteiger partial charge in [0.1, 0.15) is 12.1 Å². The molecular formula is C15H17N3O4. The van der Waals surface area contributed by atoms with E-state index in [0.29, 0.717) is 19.7 Å². The Morgan fingerprint density at radius 3 is 2.73 bits per heavy atom. The van der Waals surface area contributed by atoms with E-state index < -0.39 is 18.0 Å². The number of imide groups is 1. The minimum absolute atomic E-state index is 0.0287. The van der Waals surface area contributed by atoms with Gasteiger partial charge >= 0.3 is 6.03 Å². The number of rotatable bonds is 3. The molecule has 0 unspecified atom stereocenters. The van der Waals surface area contributed by atoms with Crippen LogP contribution in [-0.2, 0) is 14.3 Å². The number of nitrogens with zero attached hydrogens (tertiary/aromatic N) is 1. The van der Waals surface area contributed by atoms with Gasteiger partial charge in [-0.2, -0.15) is 0 Å². The summed E-state index contributed by atoms with van der Waals surface area (Å²) in [6.45, 7) is 1.39. The summed E-state index contributed by atoms with van der Waals surface area (Å²) in [5.41, 5.74) is 1.02. The minimum Gasteiger partial charge on any atom is -0.370 e. The van der Waals surface area contributed by atoms with E-state index in [9.17, 15) is 14.4 Å². The highest BCUT2D eigenvalue weighted by molar-refractivity contribution is 6.05. The first-order chi connectivity index (χ1) is 10.6. The van der Waals surface area contributed by atoms with E-state index in [1.807, 2.05) is 30.3 Å². The molecule has 22 heavy (non-hydrogen) atoms. The summed E-state index contributed by atoms with van der Waals surface area (Å²) in [4.78, 5) is 36.6. The first-order valence-electron chi connectivity index (χ1n) is 7.19. The molecule has 2 N–H and O–H groups in total. The molecule has 2 atom stereocenters. The Balaban J connectivity index is 1.61. The van der Waals surface area contributed by atoms with Crippen molar-refractivity contribution in [2.24, 2.45) is 0 Å². The van der Waals surface area contributed by atoms with E-state index in [-0.39, 0.29) is 18.4 Å². The molecule has 1 aromatic rings. The Morgan fingerprint density at radius 1 is 1.27 bits per heavy atom. The molecule has 0 aromatic heterocycles. The standard InChI is InChI=1S/C15H17N3O4/c19-13(8-11-14(20)17-15(21)16-11)18-6-7-22-12(9-18)10-4-2-1-3-5-10/h1-5,11-12H,6-9H2,(H2,16,17,20,21)/t11-,12+/m0/s1. The van der Waals surface area contributed by atoms with Crippen molar-refractivity contribution in [3.05, 3.63) is 35.9 Å². The van der Waals surface area contributed by atoms with Crippen LogP contribution in [-0.4, -0.2) is 48.5 Å². The van der Waals surface area contributed by atoms with Crippen LogP contribution in [0.3, 0.4) is 0 Å². The number of hydrogen-bond donors (Lipinski definition) is 2. The SMILES string of the molecule is O=C1NC(=O)[C@H](CC(=O)N2CCO[C@@H](c3ccccc3)C2)N1. The maximum absolute atomic E-state index is 12.3. The molecule has 1 aromatic carbocycles. The highest BCUT2D eigenvalue weighted by Gasteiger charge is 2.34. The van der Waals surface area contributed by atoms with Gasteiger partial charge in [-0.1, -0.05) is 30.3 Å². The summed E-state index contributed by atoms with van der Waals surface area (Å²) < 4.78 is 5.71. The quantitative estimate of drug-likeness (QED) is 0.780. The van der Waals surface area contributed by atoms with Gasteiger partial charge in [0.15, 0.2) is 0 Å². The lowest BCUT2D eigenvalue weighted by molar-refractivity contribution is -0.140. The Bertz CT molecular complexity index is 590. The smallest absolute Gasteiger partial charge is 0.322 e. The predicted octanol–water partition coefficient (Wildman–Crippen LogP) is 0.185. The first-order valence-corrected chi connectivity index (χ1v) is 7.19. The number of amides is 4. The molecule has 2 aliphatic rings. The van der Waals surface area contributed by atoms with Crippen molar-refractivity contribution in [3.8, 4) is 0 Å². The van der Waals surface area contributed by atoms with Crippen molar-refractivity contribution in [2.45, 2.75) is 18.6 Å². The number of carbonyl (C=O) groups is 3. The highest BCUT2D eigenvalue weighted by atomic mass is 16.5. The van der Waals surface area contributed by atoms with Crippen LogP contribution in [0.25, 0.3) is 0 Å². The van der Waals surface area contributed by atoms with E-state index in [1.54, 1.807) is 4.90 Å². The normalized spacial score (nSPS) is 24.8. The average molecular weight is 303 g/mol. The molecule has 2 fully saturated rings. The van der Waals surface area contributed by atoms with Gasteiger partial charge in [0.25, 0.3) is 5.91 Å². The summed E-state index contributed by atoms with van der Waals surface area (Å²) >= 11 is 0. The molecule has 2 saturated heterocycles. The molecule has 4 amide bonds. The van der Waals surface area contributed by atoms with Crippen LogP contribution >= 0.6 is 0 Å². The fraction of sp³-hybridized carbons (Fsp3) is 0.400. The van der Waals surface area contributed by atoms with E-state index in [2.05, 4.69) is 10.6 Å². The van der Waals surface area contributed by atoms with E-state index >= 15 is 0 Å². The molecule has 0 bridgehead atoms. The van der Waals surface area contributed by atoms with Gasteiger partial charge in [-0.25, -0.2) is 4.79 Å². The second-order valence-corrected chi connectivity index (χ2v) is 5.33. The number of ether oxygens (including phenoxy) is 1. The largest absolute Gasteiger partial charge is 0.370 e. The highest BCUT2D eigenvalue weighted by Crippen LogP contribution is 2.22. The fourth-order valence-corrected chi connectivity index (χ4v) is 2.65. The molecule has 0 radical (unpaired) electrons. The summed E-state index contributed by atoms with van der Waals surface area (Å²) in [6.07, 6.45) is -0.190. The molecule has 0 aliphatic carbocycles. The van der Waals surface area contributed by atoms with Crippen LogP contribution in [0.2, 0.25) is 0 Å². The Kier molecular flexibility index (Phi) is 4.06. The van der Waals surface area contributed by atoms with Gasteiger partial charge in [-0.15, -0.1) is 0 Å². The average Bonchev–Trinajstić information content (AvgIpc) is 2.86.